The van der Waals surface area contributed by atoms with Crippen LogP contribution in [0.25, 0.3) is 109 Å². The van der Waals surface area contributed by atoms with E-state index in [1.807, 2.05) is 0 Å². The molecule has 0 fully saturated rings. The minimum Gasteiger partial charge on any atom is -0.455 e. The molecule has 47 heavy (non-hydrogen) atoms. The van der Waals surface area contributed by atoms with Crippen LogP contribution >= 0.6 is 0 Å². The number of hydrogen-bond donors (Lipinski definition) is 0. The Morgan fingerprint density at radius 3 is 1.72 bits per heavy atom. The third kappa shape index (κ3) is 3.43. The molecule has 0 aliphatic rings. The van der Waals surface area contributed by atoms with Gasteiger partial charge in [-0.1, -0.05) is 140 Å². The summed E-state index contributed by atoms with van der Waals surface area (Å²) in [7, 11) is 0. The van der Waals surface area contributed by atoms with Gasteiger partial charge in [0.1, 0.15) is 11.2 Å². The molecule has 11 rings (SSSR count). The molecule has 0 amide bonds. The standard InChI is InChI=1S/C46H26O/c1-3-11-33-27(7-1)17-22-38-36(33)13-6-14-37(38)41-25-32(26-42-40-24-18-28-8-2-4-12-35(28)45(40)47-46(41)42)34-21-19-31-16-15-29-9-5-10-30-20-23-39(34)44(31)43(29)30/h1-26H. The predicted octanol–water partition coefficient (Wildman–Crippen LogP) is 13.3. The average Bonchev–Trinajstić information content (AvgIpc) is 3.52. The van der Waals surface area contributed by atoms with E-state index in [1.165, 1.54) is 75.9 Å². The van der Waals surface area contributed by atoms with E-state index in [-0.39, 0.29) is 0 Å². The van der Waals surface area contributed by atoms with Gasteiger partial charge in [0.2, 0.25) is 0 Å². The summed E-state index contributed by atoms with van der Waals surface area (Å²) in [5.41, 5.74) is 6.60. The fourth-order valence-corrected chi connectivity index (χ4v) is 8.22. The van der Waals surface area contributed by atoms with Crippen LogP contribution in [-0.2, 0) is 0 Å². The summed E-state index contributed by atoms with van der Waals surface area (Å²) in [4.78, 5) is 0. The predicted molar refractivity (Wildman–Crippen MR) is 201 cm³/mol. The van der Waals surface area contributed by atoms with Gasteiger partial charge in [-0.3, -0.25) is 0 Å². The summed E-state index contributed by atoms with van der Waals surface area (Å²) in [6.07, 6.45) is 0. The highest BCUT2D eigenvalue weighted by Crippen LogP contribution is 2.46. The lowest BCUT2D eigenvalue weighted by atomic mass is 9.87. The topological polar surface area (TPSA) is 13.1 Å². The first-order valence-corrected chi connectivity index (χ1v) is 16.3. The number of hydrogen-bond acceptors (Lipinski definition) is 1. The molecule has 0 saturated carbocycles. The minimum absolute atomic E-state index is 0.929. The summed E-state index contributed by atoms with van der Waals surface area (Å²) >= 11 is 0. The average molecular weight is 595 g/mol. The van der Waals surface area contributed by atoms with E-state index in [0.717, 1.165) is 32.9 Å². The molecule has 0 aliphatic heterocycles. The fraction of sp³-hybridized carbons (Fsp3) is 0. The van der Waals surface area contributed by atoms with E-state index >= 15 is 0 Å². The van der Waals surface area contributed by atoms with Gasteiger partial charge in [-0.25, -0.2) is 0 Å². The smallest absolute Gasteiger partial charge is 0.143 e. The Morgan fingerprint density at radius 1 is 0.277 bits per heavy atom. The van der Waals surface area contributed by atoms with Crippen molar-refractivity contribution in [1.82, 2.24) is 0 Å². The van der Waals surface area contributed by atoms with Gasteiger partial charge < -0.3 is 4.42 Å². The van der Waals surface area contributed by atoms with E-state index in [9.17, 15) is 0 Å². The van der Waals surface area contributed by atoms with E-state index in [1.54, 1.807) is 0 Å². The molecule has 0 spiro atoms. The van der Waals surface area contributed by atoms with Crippen molar-refractivity contribution in [3.8, 4) is 22.3 Å². The Morgan fingerprint density at radius 2 is 0.872 bits per heavy atom. The van der Waals surface area contributed by atoms with Gasteiger partial charge in [-0.15, -0.1) is 0 Å². The molecule has 0 bridgehead atoms. The van der Waals surface area contributed by atoms with Crippen LogP contribution < -0.4 is 0 Å². The van der Waals surface area contributed by atoms with Gasteiger partial charge in [-0.05, 0) is 94.1 Å². The summed E-state index contributed by atoms with van der Waals surface area (Å²) in [5.74, 6) is 0. The first-order chi connectivity index (χ1) is 23.3. The Hall–Kier alpha value is -6.18. The van der Waals surface area contributed by atoms with Crippen molar-refractivity contribution < 1.29 is 4.42 Å². The maximum Gasteiger partial charge on any atom is 0.143 e. The number of furan rings is 1. The third-order valence-corrected chi connectivity index (χ3v) is 10.4. The molecular weight excluding hydrogens is 569 g/mol. The second-order valence-electron chi connectivity index (χ2n) is 12.8. The quantitative estimate of drug-likeness (QED) is 0.182. The van der Waals surface area contributed by atoms with Crippen molar-refractivity contribution in [3.63, 3.8) is 0 Å². The molecule has 0 radical (unpaired) electrons. The van der Waals surface area contributed by atoms with Crippen LogP contribution in [0.4, 0.5) is 0 Å². The molecule has 216 valence electrons. The zero-order chi connectivity index (χ0) is 30.6. The molecule has 0 unspecified atom stereocenters. The summed E-state index contributed by atoms with van der Waals surface area (Å²) in [6, 6.07) is 57.9. The summed E-state index contributed by atoms with van der Waals surface area (Å²) < 4.78 is 6.96. The van der Waals surface area contributed by atoms with Gasteiger partial charge in [0.15, 0.2) is 0 Å². The van der Waals surface area contributed by atoms with Crippen LogP contribution in [0.1, 0.15) is 0 Å². The summed E-state index contributed by atoms with van der Waals surface area (Å²) in [6.45, 7) is 0. The molecule has 0 aliphatic carbocycles. The van der Waals surface area contributed by atoms with Gasteiger partial charge >= 0.3 is 0 Å². The Bertz CT molecular complexity index is 3050. The Balaban J connectivity index is 1.29. The molecule has 0 saturated heterocycles. The first kappa shape index (κ1) is 25.1. The van der Waals surface area contributed by atoms with Crippen molar-refractivity contribution >= 4 is 86.6 Å². The molecule has 1 nitrogen and oxygen atoms in total. The van der Waals surface area contributed by atoms with Crippen molar-refractivity contribution in [2.75, 3.05) is 0 Å². The highest BCUT2D eigenvalue weighted by molar-refractivity contribution is 6.26. The number of rotatable bonds is 2. The van der Waals surface area contributed by atoms with Crippen LogP contribution in [0.5, 0.6) is 0 Å². The highest BCUT2D eigenvalue weighted by Gasteiger charge is 2.20. The van der Waals surface area contributed by atoms with E-state index < -0.39 is 0 Å². The van der Waals surface area contributed by atoms with Crippen molar-refractivity contribution in [3.05, 3.63) is 158 Å². The molecule has 10 aromatic carbocycles. The minimum atomic E-state index is 0.929. The maximum absolute atomic E-state index is 6.96. The van der Waals surface area contributed by atoms with E-state index in [2.05, 4.69) is 158 Å². The van der Waals surface area contributed by atoms with Crippen LogP contribution in [0, 0.1) is 0 Å². The largest absolute Gasteiger partial charge is 0.455 e. The molecule has 0 atom stereocenters. The second-order valence-corrected chi connectivity index (χ2v) is 12.8. The van der Waals surface area contributed by atoms with Crippen molar-refractivity contribution in [1.29, 1.82) is 0 Å². The van der Waals surface area contributed by atoms with Crippen molar-refractivity contribution in [2.24, 2.45) is 0 Å². The lowest BCUT2D eigenvalue weighted by Gasteiger charge is -2.16. The van der Waals surface area contributed by atoms with Crippen molar-refractivity contribution in [2.45, 2.75) is 0 Å². The molecule has 1 aromatic heterocycles. The molecule has 0 N–H and O–H groups in total. The molecule has 11 aromatic rings. The van der Waals surface area contributed by atoms with Crippen LogP contribution in [0.2, 0.25) is 0 Å². The zero-order valence-electron chi connectivity index (χ0n) is 25.4. The van der Waals surface area contributed by atoms with Gasteiger partial charge in [-0.2, -0.15) is 0 Å². The lowest BCUT2D eigenvalue weighted by Crippen LogP contribution is -1.89. The first-order valence-electron chi connectivity index (χ1n) is 16.3. The van der Waals surface area contributed by atoms with Gasteiger partial charge in [0, 0.05) is 21.7 Å². The summed E-state index contributed by atoms with van der Waals surface area (Å²) in [5, 5.41) is 17.4. The normalized spacial score (nSPS) is 12.3. The number of benzene rings is 10. The van der Waals surface area contributed by atoms with Gasteiger partial charge in [0.05, 0.1) is 0 Å². The third-order valence-electron chi connectivity index (χ3n) is 10.4. The van der Waals surface area contributed by atoms with Crippen LogP contribution in [0.3, 0.4) is 0 Å². The maximum atomic E-state index is 6.96. The van der Waals surface area contributed by atoms with Gasteiger partial charge in [0.25, 0.3) is 0 Å². The SMILES string of the molecule is c1ccc2c(c1)ccc1c(-c3cc(-c4ccc5ccc6cccc7ccc4c5c67)cc4c3oc3c5ccccc5ccc43)cccc12. The Labute approximate surface area is 270 Å². The van der Waals surface area contributed by atoms with E-state index in [0.29, 0.717) is 0 Å². The second kappa shape index (κ2) is 9.19. The van der Waals surface area contributed by atoms with E-state index in [4.69, 9.17) is 4.42 Å². The fourth-order valence-electron chi connectivity index (χ4n) is 8.22. The monoisotopic (exact) mass is 594 g/mol. The molecular formula is C46H26O. The molecule has 1 heteroatoms. The lowest BCUT2D eigenvalue weighted by molar-refractivity contribution is 0.674. The highest BCUT2D eigenvalue weighted by atomic mass is 16.3. The number of fused-ring (bicyclic) bond motifs is 8. The van der Waals surface area contributed by atoms with Crippen LogP contribution in [-0.4, -0.2) is 0 Å². The molecule has 1 heterocycles. The Kier molecular flexibility index (Phi) is 4.90. The zero-order valence-corrected chi connectivity index (χ0v) is 25.4. The van der Waals surface area contributed by atoms with Crippen LogP contribution in [0.15, 0.2) is 162 Å².